The van der Waals surface area contributed by atoms with Crippen LogP contribution >= 0.6 is 12.4 Å². The maximum absolute atomic E-state index is 11.3. The van der Waals surface area contributed by atoms with Crippen LogP contribution in [0.2, 0.25) is 0 Å². The molecule has 0 aromatic heterocycles. The molecule has 0 fully saturated rings. The molecule has 0 unspecified atom stereocenters. The van der Waals surface area contributed by atoms with Gasteiger partial charge < -0.3 is 9.68 Å². The molecule has 0 radical (unpaired) electrons. The molecule has 18 heavy (non-hydrogen) atoms. The highest BCUT2D eigenvalue weighted by Crippen LogP contribution is 2.03. The fraction of sp³-hybridized carbons (Fsp3) is 0.833. The Balaban J connectivity index is 0. The van der Waals surface area contributed by atoms with Crippen molar-refractivity contribution in [2.75, 3.05) is 6.54 Å². The van der Waals surface area contributed by atoms with Crippen molar-refractivity contribution in [2.45, 2.75) is 59.3 Å². The molecule has 0 bridgehead atoms. The quantitative estimate of drug-likeness (QED) is 0.608. The van der Waals surface area contributed by atoms with Crippen molar-refractivity contribution in [1.82, 2.24) is 5.23 Å². The van der Waals surface area contributed by atoms with Crippen LogP contribution in [0.1, 0.15) is 59.3 Å². The average molecular weight is 282 g/mol. The molecular formula is C12H24ClNO4. The number of nitrogens with zero attached hydrogens (tertiary/aromatic N) is 1. The van der Waals surface area contributed by atoms with Crippen LogP contribution in [-0.4, -0.2) is 23.7 Å². The van der Waals surface area contributed by atoms with Gasteiger partial charge in [0.2, 0.25) is 0 Å². The van der Waals surface area contributed by atoms with Gasteiger partial charge in [-0.15, -0.1) is 12.4 Å². The van der Waals surface area contributed by atoms with Crippen molar-refractivity contribution in [2.24, 2.45) is 0 Å². The maximum atomic E-state index is 11.3. The van der Waals surface area contributed by atoms with Gasteiger partial charge in [0, 0.05) is 18.1 Å². The molecule has 0 aromatic rings. The summed E-state index contributed by atoms with van der Waals surface area (Å²) in [5, 5.41) is 0.954. The predicted octanol–water partition coefficient (Wildman–Crippen LogP) is 3.03. The number of carbonyl (C=O) groups is 2. The number of rotatable bonds is 9. The average Bonchev–Trinajstić information content (AvgIpc) is 2.32. The molecular weight excluding hydrogens is 258 g/mol. The number of unbranched alkanes of at least 4 members (excludes halogenated alkanes) is 2. The van der Waals surface area contributed by atoms with Gasteiger partial charge in [0.15, 0.2) is 0 Å². The van der Waals surface area contributed by atoms with E-state index < -0.39 is 0 Å². The summed E-state index contributed by atoms with van der Waals surface area (Å²) >= 11 is 0. The van der Waals surface area contributed by atoms with Crippen LogP contribution in [0.25, 0.3) is 0 Å². The molecule has 0 N–H and O–H groups in total. The summed E-state index contributed by atoms with van der Waals surface area (Å²) in [6, 6.07) is 0. The van der Waals surface area contributed by atoms with E-state index >= 15 is 0 Å². The van der Waals surface area contributed by atoms with Crippen LogP contribution in [0, 0.1) is 0 Å². The first-order valence-corrected chi connectivity index (χ1v) is 6.33. The van der Waals surface area contributed by atoms with E-state index in [4.69, 9.17) is 9.68 Å². The first-order chi connectivity index (χ1) is 8.13. The van der Waals surface area contributed by atoms with Crippen molar-refractivity contribution in [3.63, 3.8) is 0 Å². The zero-order chi connectivity index (χ0) is 13.1. The van der Waals surface area contributed by atoms with Crippen molar-refractivity contribution < 1.29 is 19.3 Å². The van der Waals surface area contributed by atoms with Crippen LogP contribution in [0.15, 0.2) is 0 Å². The molecule has 0 atom stereocenters. The summed E-state index contributed by atoms with van der Waals surface area (Å²) in [5.74, 6) is -0.728. The lowest BCUT2D eigenvalue weighted by Gasteiger charge is -2.17. The van der Waals surface area contributed by atoms with Crippen LogP contribution in [0.3, 0.4) is 0 Å². The maximum Gasteiger partial charge on any atom is 0.329 e. The van der Waals surface area contributed by atoms with Gasteiger partial charge in [-0.1, -0.05) is 26.7 Å². The molecule has 0 heterocycles. The summed E-state index contributed by atoms with van der Waals surface area (Å²) in [6.45, 7) is 6.07. The fourth-order valence-electron chi connectivity index (χ4n) is 1.11. The molecule has 0 aromatic carbocycles. The lowest BCUT2D eigenvalue weighted by atomic mass is 10.3. The van der Waals surface area contributed by atoms with E-state index in [1.54, 1.807) is 6.92 Å². The second kappa shape index (κ2) is 12.6. The van der Waals surface area contributed by atoms with Crippen LogP contribution in [0.5, 0.6) is 0 Å². The second-order valence-electron chi connectivity index (χ2n) is 3.78. The zero-order valence-electron chi connectivity index (χ0n) is 11.4. The molecule has 0 amide bonds. The largest absolute Gasteiger partial charge is 0.333 e. The summed E-state index contributed by atoms with van der Waals surface area (Å²) in [4.78, 5) is 32.4. The van der Waals surface area contributed by atoms with E-state index in [0.29, 0.717) is 19.4 Å². The van der Waals surface area contributed by atoms with Crippen LogP contribution in [-0.2, 0) is 19.3 Å². The highest BCUT2D eigenvalue weighted by molar-refractivity contribution is 5.85. The zero-order valence-corrected chi connectivity index (χ0v) is 12.3. The number of halogens is 1. The standard InChI is InChI=1S/C12H23NO4.ClH/c1-4-7-9-11(14)16-13(6-3)17-12(15)10-8-5-2;/h4-10H2,1-3H3;1H. The SMILES string of the molecule is CCCCC(=O)ON(CC)OC(=O)CCCC.Cl. The Morgan fingerprint density at radius 3 is 1.56 bits per heavy atom. The molecule has 0 aliphatic carbocycles. The van der Waals surface area contributed by atoms with Crippen molar-refractivity contribution in [3.05, 3.63) is 0 Å². The van der Waals surface area contributed by atoms with E-state index in [9.17, 15) is 9.59 Å². The Morgan fingerprint density at radius 2 is 1.28 bits per heavy atom. The molecule has 0 spiro atoms. The minimum Gasteiger partial charge on any atom is -0.333 e. The van der Waals surface area contributed by atoms with Crippen LogP contribution < -0.4 is 0 Å². The van der Waals surface area contributed by atoms with E-state index in [0.717, 1.165) is 30.9 Å². The third-order valence-corrected chi connectivity index (χ3v) is 2.13. The Labute approximate surface area is 115 Å². The lowest BCUT2D eigenvalue weighted by Crippen LogP contribution is -2.30. The number of hydroxylamine groups is 2. The molecule has 0 aliphatic heterocycles. The minimum atomic E-state index is -0.364. The summed E-state index contributed by atoms with van der Waals surface area (Å²) < 4.78 is 0. The minimum absolute atomic E-state index is 0. The Kier molecular flexibility index (Phi) is 13.7. The van der Waals surface area contributed by atoms with Gasteiger partial charge in [-0.25, -0.2) is 0 Å². The molecule has 6 heteroatoms. The first-order valence-electron chi connectivity index (χ1n) is 6.33. The van der Waals surface area contributed by atoms with Gasteiger partial charge in [-0.3, -0.25) is 9.59 Å². The van der Waals surface area contributed by atoms with E-state index in [-0.39, 0.29) is 24.3 Å². The van der Waals surface area contributed by atoms with Crippen molar-refractivity contribution >= 4 is 24.3 Å². The van der Waals surface area contributed by atoms with Crippen molar-refractivity contribution in [1.29, 1.82) is 0 Å². The Bertz CT molecular complexity index is 214. The third-order valence-electron chi connectivity index (χ3n) is 2.13. The van der Waals surface area contributed by atoms with Gasteiger partial charge in [0.1, 0.15) is 0 Å². The summed E-state index contributed by atoms with van der Waals surface area (Å²) in [6.07, 6.45) is 4.11. The highest BCUT2D eigenvalue weighted by Gasteiger charge is 2.14. The van der Waals surface area contributed by atoms with E-state index in [2.05, 4.69) is 0 Å². The van der Waals surface area contributed by atoms with E-state index in [1.807, 2.05) is 13.8 Å². The monoisotopic (exact) mass is 281 g/mol. The molecule has 5 nitrogen and oxygen atoms in total. The normalized spacial score (nSPS) is 9.78. The van der Waals surface area contributed by atoms with Gasteiger partial charge >= 0.3 is 11.9 Å². The molecule has 0 aliphatic rings. The lowest BCUT2D eigenvalue weighted by molar-refractivity contribution is -0.323. The number of hydrogen-bond acceptors (Lipinski definition) is 5. The summed E-state index contributed by atoms with van der Waals surface area (Å²) in [7, 11) is 0. The molecule has 0 saturated heterocycles. The van der Waals surface area contributed by atoms with E-state index in [1.165, 1.54) is 0 Å². The topological polar surface area (TPSA) is 55.8 Å². The first kappa shape index (κ1) is 19.5. The Morgan fingerprint density at radius 1 is 0.889 bits per heavy atom. The highest BCUT2D eigenvalue weighted by atomic mass is 35.5. The van der Waals surface area contributed by atoms with Crippen molar-refractivity contribution in [3.8, 4) is 0 Å². The van der Waals surface area contributed by atoms with Gasteiger partial charge in [-0.2, -0.15) is 0 Å². The van der Waals surface area contributed by atoms with Gasteiger partial charge in [0.05, 0.1) is 6.54 Å². The van der Waals surface area contributed by atoms with Gasteiger partial charge in [-0.05, 0) is 19.8 Å². The predicted molar refractivity (Wildman–Crippen MR) is 70.9 cm³/mol. The number of hydrogen-bond donors (Lipinski definition) is 0. The second-order valence-corrected chi connectivity index (χ2v) is 3.78. The van der Waals surface area contributed by atoms with Gasteiger partial charge in [0.25, 0.3) is 0 Å². The number of carbonyl (C=O) groups excluding carboxylic acids is 2. The third kappa shape index (κ3) is 10.4. The van der Waals surface area contributed by atoms with Crippen LogP contribution in [0.4, 0.5) is 0 Å². The molecule has 108 valence electrons. The fourth-order valence-corrected chi connectivity index (χ4v) is 1.11. The molecule has 0 saturated carbocycles. The Hall–Kier alpha value is -0.810. The summed E-state index contributed by atoms with van der Waals surface area (Å²) in [5.41, 5.74) is 0. The molecule has 0 rings (SSSR count). The smallest absolute Gasteiger partial charge is 0.329 e.